The summed E-state index contributed by atoms with van der Waals surface area (Å²) in [6.07, 6.45) is -5.49. The Morgan fingerprint density at radius 2 is 2.20 bits per heavy atom. The smallest absolute Gasteiger partial charge is 0.425 e. The molecule has 0 aliphatic heterocycles. The van der Waals surface area contributed by atoms with Crippen LogP contribution in [-0.4, -0.2) is 22.2 Å². The summed E-state index contributed by atoms with van der Waals surface area (Å²) in [4.78, 5) is 16.7. The van der Waals surface area contributed by atoms with Crippen molar-refractivity contribution in [2.75, 3.05) is 0 Å². The van der Waals surface area contributed by atoms with Gasteiger partial charge < -0.3 is 9.72 Å². The van der Waals surface area contributed by atoms with Crippen LogP contribution in [0.15, 0.2) is 11.1 Å². The van der Waals surface area contributed by atoms with E-state index in [1.807, 2.05) is 0 Å². The van der Waals surface area contributed by atoms with E-state index >= 15 is 0 Å². The number of aromatic amines is 1. The number of ether oxygens (including phenoxy) is 1. The van der Waals surface area contributed by atoms with Gasteiger partial charge >= 0.3 is 6.18 Å². The van der Waals surface area contributed by atoms with E-state index in [0.29, 0.717) is 0 Å². The molecule has 0 bridgehead atoms. The van der Waals surface area contributed by atoms with E-state index in [0.717, 1.165) is 13.3 Å². The Kier molecular flexibility index (Phi) is 3.58. The predicted molar refractivity (Wildman–Crippen MR) is 53.7 cm³/mol. The fourth-order valence-corrected chi connectivity index (χ4v) is 1.11. The molecular weight excluding hydrogens is 328 g/mol. The van der Waals surface area contributed by atoms with Crippen LogP contribution < -0.4 is 10.3 Å². The van der Waals surface area contributed by atoms with Crippen LogP contribution in [0, 0.1) is 3.57 Å². The molecule has 1 heterocycles. The highest BCUT2D eigenvalue weighted by molar-refractivity contribution is 14.1. The molecule has 8 heteroatoms. The lowest BCUT2D eigenvalue weighted by atomic mass is 10.4. The quantitative estimate of drug-likeness (QED) is 0.838. The van der Waals surface area contributed by atoms with Crippen LogP contribution in [0.3, 0.4) is 0 Å². The molecule has 1 rings (SSSR count). The number of rotatable bonds is 2. The van der Waals surface area contributed by atoms with Crippen LogP contribution >= 0.6 is 22.6 Å². The highest BCUT2D eigenvalue weighted by Crippen LogP contribution is 2.24. The molecule has 0 aliphatic carbocycles. The maximum atomic E-state index is 12.1. The van der Waals surface area contributed by atoms with Crippen molar-refractivity contribution in [1.82, 2.24) is 9.97 Å². The Hall–Kier alpha value is -0.800. The summed E-state index contributed by atoms with van der Waals surface area (Å²) >= 11 is 1.57. The van der Waals surface area contributed by atoms with Crippen LogP contribution in [0.4, 0.5) is 13.2 Å². The Labute approximate surface area is 96.0 Å². The first kappa shape index (κ1) is 12.3. The molecular formula is C7H6F3IN2O2. The zero-order chi connectivity index (χ0) is 11.6. The molecule has 1 atom stereocenters. The van der Waals surface area contributed by atoms with Crippen molar-refractivity contribution >= 4 is 22.6 Å². The van der Waals surface area contributed by atoms with Crippen LogP contribution in [0.1, 0.15) is 6.92 Å². The molecule has 15 heavy (non-hydrogen) atoms. The van der Waals surface area contributed by atoms with Crippen molar-refractivity contribution in [3.8, 4) is 5.88 Å². The van der Waals surface area contributed by atoms with Crippen LogP contribution in [0.2, 0.25) is 0 Å². The summed E-state index contributed by atoms with van der Waals surface area (Å²) in [6.45, 7) is 0.846. The third-order valence-electron chi connectivity index (χ3n) is 1.51. The van der Waals surface area contributed by atoms with Gasteiger partial charge in [-0.25, -0.2) is 4.98 Å². The molecule has 0 spiro atoms. The topological polar surface area (TPSA) is 55.0 Å². The van der Waals surface area contributed by atoms with Gasteiger partial charge in [-0.3, -0.25) is 4.79 Å². The average Bonchev–Trinajstić information content (AvgIpc) is 2.11. The van der Waals surface area contributed by atoms with E-state index in [4.69, 9.17) is 0 Å². The van der Waals surface area contributed by atoms with E-state index in [-0.39, 0.29) is 9.45 Å². The number of hydrogen-bond acceptors (Lipinski definition) is 3. The predicted octanol–water partition coefficient (Wildman–Crippen LogP) is 1.70. The van der Waals surface area contributed by atoms with E-state index < -0.39 is 17.8 Å². The monoisotopic (exact) mass is 334 g/mol. The lowest BCUT2D eigenvalue weighted by molar-refractivity contribution is -0.190. The fourth-order valence-electron chi connectivity index (χ4n) is 0.683. The van der Waals surface area contributed by atoms with E-state index in [2.05, 4.69) is 14.7 Å². The number of nitrogens with zero attached hydrogens (tertiary/aromatic N) is 1. The van der Waals surface area contributed by atoms with Crippen molar-refractivity contribution in [2.45, 2.75) is 19.2 Å². The number of aromatic nitrogens is 2. The lowest BCUT2D eigenvalue weighted by Gasteiger charge is -2.16. The molecule has 1 unspecified atom stereocenters. The minimum absolute atomic E-state index is 0.00815. The van der Waals surface area contributed by atoms with Gasteiger partial charge in [0.05, 0.1) is 6.33 Å². The summed E-state index contributed by atoms with van der Waals surface area (Å²) < 4.78 is 40.9. The highest BCUT2D eigenvalue weighted by Gasteiger charge is 2.38. The summed E-state index contributed by atoms with van der Waals surface area (Å²) in [5.74, 6) is -0.316. The largest absolute Gasteiger partial charge is 0.464 e. The van der Waals surface area contributed by atoms with Gasteiger partial charge in [0.2, 0.25) is 5.88 Å². The first-order chi connectivity index (χ1) is 6.82. The SMILES string of the molecule is CC(Oc1nc[nH]c(=O)c1I)C(F)(F)F. The molecule has 0 radical (unpaired) electrons. The fraction of sp³-hybridized carbons (Fsp3) is 0.429. The molecule has 1 aromatic heterocycles. The highest BCUT2D eigenvalue weighted by atomic mass is 127. The van der Waals surface area contributed by atoms with Crippen molar-refractivity contribution in [1.29, 1.82) is 0 Å². The van der Waals surface area contributed by atoms with E-state index in [1.165, 1.54) is 0 Å². The van der Waals surface area contributed by atoms with Gasteiger partial charge in [-0.2, -0.15) is 13.2 Å². The first-order valence-electron chi connectivity index (χ1n) is 3.79. The van der Waals surface area contributed by atoms with Gasteiger partial charge in [0, 0.05) is 0 Å². The Morgan fingerprint density at radius 3 is 2.73 bits per heavy atom. The maximum absolute atomic E-state index is 12.1. The first-order valence-corrected chi connectivity index (χ1v) is 4.87. The third kappa shape index (κ3) is 3.08. The minimum atomic E-state index is -4.48. The van der Waals surface area contributed by atoms with Crippen molar-refractivity contribution in [2.24, 2.45) is 0 Å². The molecule has 0 saturated heterocycles. The van der Waals surface area contributed by atoms with Gasteiger partial charge in [0.15, 0.2) is 6.10 Å². The summed E-state index contributed by atoms with van der Waals surface area (Å²) in [7, 11) is 0. The van der Waals surface area contributed by atoms with Crippen LogP contribution in [0.5, 0.6) is 5.88 Å². The molecule has 1 N–H and O–H groups in total. The molecule has 0 saturated carbocycles. The molecule has 0 amide bonds. The number of halogens is 4. The number of nitrogens with one attached hydrogen (secondary N) is 1. The minimum Gasteiger partial charge on any atom is -0.464 e. The molecule has 84 valence electrons. The molecule has 0 aromatic carbocycles. The maximum Gasteiger partial charge on any atom is 0.425 e. The summed E-state index contributed by atoms with van der Waals surface area (Å²) in [5.41, 5.74) is -0.532. The Morgan fingerprint density at radius 1 is 1.60 bits per heavy atom. The van der Waals surface area contributed by atoms with Gasteiger partial charge in [-0.05, 0) is 29.5 Å². The zero-order valence-electron chi connectivity index (χ0n) is 7.43. The van der Waals surface area contributed by atoms with Crippen molar-refractivity contribution in [3.05, 3.63) is 20.3 Å². The van der Waals surface area contributed by atoms with Crippen molar-refractivity contribution in [3.63, 3.8) is 0 Å². The van der Waals surface area contributed by atoms with E-state index in [1.54, 1.807) is 22.6 Å². The van der Waals surface area contributed by atoms with E-state index in [9.17, 15) is 18.0 Å². The molecule has 1 aromatic rings. The van der Waals surface area contributed by atoms with Crippen LogP contribution in [0.25, 0.3) is 0 Å². The van der Waals surface area contributed by atoms with Crippen molar-refractivity contribution < 1.29 is 17.9 Å². The average molecular weight is 334 g/mol. The summed E-state index contributed by atoms with van der Waals surface area (Å²) in [5, 5.41) is 0. The number of alkyl halides is 3. The Balaban J connectivity index is 2.91. The molecule has 4 nitrogen and oxygen atoms in total. The molecule has 0 aliphatic rings. The number of H-pyrrole nitrogens is 1. The standard InChI is InChI=1S/C7H6F3IN2O2/c1-3(7(8,9)10)15-6-4(11)5(14)12-2-13-6/h2-3H,1H3,(H,12,13,14). The zero-order valence-corrected chi connectivity index (χ0v) is 9.59. The van der Waals surface area contributed by atoms with Gasteiger partial charge in [-0.15, -0.1) is 0 Å². The second-order valence-corrected chi connectivity index (χ2v) is 3.73. The van der Waals surface area contributed by atoms with Crippen LogP contribution in [-0.2, 0) is 0 Å². The molecule has 0 fully saturated rings. The lowest BCUT2D eigenvalue weighted by Crippen LogP contribution is -2.32. The number of hydrogen-bond donors (Lipinski definition) is 1. The normalized spacial score (nSPS) is 13.7. The van der Waals surface area contributed by atoms with Gasteiger partial charge in [0.1, 0.15) is 3.57 Å². The van der Waals surface area contributed by atoms with Gasteiger partial charge in [0.25, 0.3) is 5.56 Å². The summed E-state index contributed by atoms with van der Waals surface area (Å²) in [6, 6.07) is 0. The second-order valence-electron chi connectivity index (χ2n) is 2.65. The van der Waals surface area contributed by atoms with Gasteiger partial charge in [-0.1, -0.05) is 0 Å². The second kappa shape index (κ2) is 4.37. The third-order valence-corrected chi connectivity index (χ3v) is 2.47. The Bertz CT molecular complexity index is 404.